The molecular weight excluding hydrogens is 235 g/mol. The number of rotatable bonds is 2. The SMILES string of the molecule is CC1(O)CN(Cc2cnc(Cl)cc2Cl)C1. The number of aliphatic hydroxyl groups is 1. The second-order valence-corrected chi connectivity index (χ2v) is 5.03. The molecule has 1 aliphatic heterocycles. The second-order valence-electron chi connectivity index (χ2n) is 4.24. The molecule has 1 aromatic heterocycles. The van der Waals surface area contributed by atoms with Crippen molar-refractivity contribution in [3.63, 3.8) is 0 Å². The van der Waals surface area contributed by atoms with Crippen LogP contribution in [0.5, 0.6) is 0 Å². The Kier molecular flexibility index (Phi) is 2.90. The summed E-state index contributed by atoms with van der Waals surface area (Å²) in [4.78, 5) is 6.09. The molecule has 1 fully saturated rings. The van der Waals surface area contributed by atoms with E-state index in [4.69, 9.17) is 23.2 Å². The third-order valence-corrected chi connectivity index (χ3v) is 2.98. The van der Waals surface area contributed by atoms with Crippen molar-refractivity contribution < 1.29 is 5.11 Å². The van der Waals surface area contributed by atoms with Crippen LogP contribution in [0, 0.1) is 0 Å². The van der Waals surface area contributed by atoms with Gasteiger partial charge in [-0.25, -0.2) is 4.98 Å². The van der Waals surface area contributed by atoms with E-state index in [9.17, 15) is 5.11 Å². The van der Waals surface area contributed by atoms with Gasteiger partial charge in [0.2, 0.25) is 0 Å². The molecule has 5 heteroatoms. The van der Waals surface area contributed by atoms with Crippen LogP contribution in [-0.4, -0.2) is 33.7 Å². The van der Waals surface area contributed by atoms with Crippen molar-refractivity contribution in [2.75, 3.05) is 13.1 Å². The van der Waals surface area contributed by atoms with Gasteiger partial charge in [0, 0.05) is 36.4 Å². The van der Waals surface area contributed by atoms with Crippen molar-refractivity contribution in [3.05, 3.63) is 28.0 Å². The van der Waals surface area contributed by atoms with Crippen LogP contribution in [0.4, 0.5) is 0 Å². The van der Waals surface area contributed by atoms with Gasteiger partial charge in [-0.3, -0.25) is 4.90 Å². The number of aromatic nitrogens is 1. The number of halogens is 2. The van der Waals surface area contributed by atoms with Crippen molar-refractivity contribution in [1.29, 1.82) is 0 Å². The zero-order chi connectivity index (χ0) is 11.1. The van der Waals surface area contributed by atoms with Crippen molar-refractivity contribution >= 4 is 23.2 Å². The molecule has 0 spiro atoms. The molecule has 0 unspecified atom stereocenters. The molecule has 1 aromatic rings. The first-order valence-corrected chi connectivity index (χ1v) is 5.46. The van der Waals surface area contributed by atoms with Gasteiger partial charge >= 0.3 is 0 Å². The maximum Gasteiger partial charge on any atom is 0.130 e. The first-order chi connectivity index (χ1) is 6.96. The van der Waals surface area contributed by atoms with Crippen LogP contribution in [0.25, 0.3) is 0 Å². The summed E-state index contributed by atoms with van der Waals surface area (Å²) in [5.41, 5.74) is 0.392. The fourth-order valence-electron chi connectivity index (χ4n) is 1.82. The number of likely N-dealkylation sites (tertiary alicyclic amines) is 1. The molecule has 1 N–H and O–H groups in total. The summed E-state index contributed by atoms with van der Waals surface area (Å²) in [6, 6.07) is 1.64. The van der Waals surface area contributed by atoms with Crippen molar-refractivity contribution in [1.82, 2.24) is 9.88 Å². The van der Waals surface area contributed by atoms with E-state index in [0.29, 0.717) is 29.8 Å². The largest absolute Gasteiger partial charge is 0.388 e. The van der Waals surface area contributed by atoms with Crippen molar-refractivity contribution in [2.45, 2.75) is 19.1 Å². The van der Waals surface area contributed by atoms with Crippen LogP contribution >= 0.6 is 23.2 Å². The molecule has 0 saturated carbocycles. The lowest BCUT2D eigenvalue weighted by Gasteiger charge is -2.44. The molecule has 3 nitrogen and oxygen atoms in total. The van der Waals surface area contributed by atoms with Gasteiger partial charge in [-0.15, -0.1) is 0 Å². The monoisotopic (exact) mass is 246 g/mol. The predicted octanol–water partition coefficient (Wildman–Crippen LogP) is 1.95. The average molecular weight is 247 g/mol. The van der Waals surface area contributed by atoms with E-state index in [2.05, 4.69) is 9.88 Å². The summed E-state index contributed by atoms with van der Waals surface area (Å²) < 4.78 is 0. The van der Waals surface area contributed by atoms with Crippen molar-refractivity contribution in [2.24, 2.45) is 0 Å². The lowest BCUT2D eigenvalue weighted by molar-refractivity contribution is -0.0871. The Hall–Kier alpha value is -0.350. The molecule has 2 heterocycles. The third-order valence-electron chi connectivity index (χ3n) is 2.42. The van der Waals surface area contributed by atoms with Gasteiger partial charge in [0.25, 0.3) is 0 Å². The van der Waals surface area contributed by atoms with Gasteiger partial charge in [-0.05, 0) is 13.0 Å². The molecule has 1 aliphatic rings. The predicted molar refractivity (Wildman–Crippen MR) is 60.2 cm³/mol. The summed E-state index contributed by atoms with van der Waals surface area (Å²) in [5, 5.41) is 10.6. The minimum absolute atomic E-state index is 0.402. The lowest BCUT2D eigenvalue weighted by atomic mass is 9.96. The Balaban J connectivity index is 2.00. The van der Waals surface area contributed by atoms with Crippen LogP contribution in [0.15, 0.2) is 12.3 Å². The molecule has 0 bridgehead atoms. The zero-order valence-electron chi connectivity index (χ0n) is 8.37. The molecule has 1 saturated heterocycles. The maximum absolute atomic E-state index is 9.56. The maximum atomic E-state index is 9.56. The number of pyridine rings is 1. The average Bonchev–Trinajstić information content (AvgIpc) is 2.06. The first kappa shape index (κ1) is 11.1. The molecular formula is C10H12Cl2N2O. The third kappa shape index (κ3) is 2.61. The topological polar surface area (TPSA) is 36.4 Å². The molecule has 82 valence electrons. The molecule has 0 radical (unpaired) electrons. The molecule has 0 amide bonds. The van der Waals surface area contributed by atoms with Gasteiger partial charge in [-0.2, -0.15) is 0 Å². The normalized spacial score (nSPS) is 20.0. The number of nitrogens with zero attached hydrogens (tertiary/aromatic N) is 2. The Morgan fingerprint density at radius 2 is 2.20 bits per heavy atom. The molecule has 2 rings (SSSR count). The molecule has 0 atom stereocenters. The minimum Gasteiger partial charge on any atom is -0.388 e. The summed E-state index contributed by atoms with van der Waals surface area (Å²) in [7, 11) is 0. The fraction of sp³-hybridized carbons (Fsp3) is 0.500. The van der Waals surface area contributed by atoms with E-state index in [1.165, 1.54) is 0 Å². The summed E-state index contributed by atoms with van der Waals surface area (Å²) in [5.74, 6) is 0. The van der Waals surface area contributed by atoms with Gasteiger partial charge in [-0.1, -0.05) is 23.2 Å². The molecule has 15 heavy (non-hydrogen) atoms. The smallest absolute Gasteiger partial charge is 0.130 e. The van der Waals surface area contributed by atoms with E-state index in [1.807, 2.05) is 6.92 Å². The van der Waals surface area contributed by atoms with Crippen LogP contribution < -0.4 is 0 Å². The Morgan fingerprint density at radius 1 is 1.53 bits per heavy atom. The highest BCUT2D eigenvalue weighted by Crippen LogP contribution is 2.25. The van der Waals surface area contributed by atoms with Gasteiger partial charge in [0.1, 0.15) is 5.15 Å². The van der Waals surface area contributed by atoms with E-state index in [1.54, 1.807) is 12.3 Å². The quantitative estimate of drug-likeness (QED) is 0.811. The van der Waals surface area contributed by atoms with Crippen LogP contribution in [0.2, 0.25) is 10.2 Å². The van der Waals surface area contributed by atoms with E-state index >= 15 is 0 Å². The van der Waals surface area contributed by atoms with E-state index < -0.39 is 5.60 Å². The summed E-state index contributed by atoms with van der Waals surface area (Å²) >= 11 is 11.7. The fourth-order valence-corrected chi connectivity index (χ4v) is 2.25. The lowest BCUT2D eigenvalue weighted by Crippen LogP contribution is -2.59. The standard InChI is InChI=1S/C10H12Cl2N2O/c1-10(15)5-14(6-10)4-7-3-13-9(12)2-8(7)11/h2-3,15H,4-6H2,1H3. The van der Waals surface area contributed by atoms with Crippen LogP contribution in [0.3, 0.4) is 0 Å². The summed E-state index contributed by atoms with van der Waals surface area (Å²) in [6.07, 6.45) is 1.68. The second kappa shape index (κ2) is 3.91. The Labute approximate surface area is 98.6 Å². The minimum atomic E-state index is -0.549. The first-order valence-electron chi connectivity index (χ1n) is 4.71. The number of hydrogen-bond acceptors (Lipinski definition) is 3. The van der Waals surface area contributed by atoms with Crippen LogP contribution in [0.1, 0.15) is 12.5 Å². The molecule has 0 aliphatic carbocycles. The highest BCUT2D eigenvalue weighted by Gasteiger charge is 2.36. The van der Waals surface area contributed by atoms with Gasteiger partial charge < -0.3 is 5.11 Å². The molecule has 0 aromatic carbocycles. The van der Waals surface area contributed by atoms with E-state index in [0.717, 1.165) is 5.56 Å². The number of hydrogen-bond donors (Lipinski definition) is 1. The van der Waals surface area contributed by atoms with Crippen LogP contribution in [-0.2, 0) is 6.54 Å². The highest BCUT2D eigenvalue weighted by molar-refractivity contribution is 6.34. The Morgan fingerprint density at radius 3 is 2.73 bits per heavy atom. The van der Waals surface area contributed by atoms with Gasteiger partial charge in [0.15, 0.2) is 0 Å². The Bertz CT molecular complexity index is 374. The van der Waals surface area contributed by atoms with Crippen molar-refractivity contribution in [3.8, 4) is 0 Å². The van der Waals surface area contributed by atoms with Gasteiger partial charge in [0.05, 0.1) is 5.60 Å². The summed E-state index contributed by atoms with van der Waals surface area (Å²) in [6.45, 7) is 3.88. The van der Waals surface area contributed by atoms with E-state index in [-0.39, 0.29) is 0 Å². The number of β-amino-alcohol motifs (C(OH)–C–C–N with tert-alkyl or cyclic N) is 1. The highest BCUT2D eigenvalue weighted by atomic mass is 35.5. The zero-order valence-corrected chi connectivity index (χ0v) is 9.89.